The minimum atomic E-state index is 0.302. The van der Waals surface area contributed by atoms with E-state index in [-0.39, 0.29) is 0 Å². The molecule has 3 aliphatic carbocycles. The van der Waals surface area contributed by atoms with Crippen LogP contribution in [0.2, 0.25) is 0 Å². The summed E-state index contributed by atoms with van der Waals surface area (Å²) in [4.78, 5) is 12.7. The zero-order valence-corrected chi connectivity index (χ0v) is 12.2. The number of nitrogens with one attached hydrogen (secondary N) is 1. The van der Waals surface area contributed by atoms with Crippen molar-refractivity contribution >= 4 is 21.8 Å². The molecule has 17 heavy (non-hydrogen) atoms. The molecule has 1 amide bonds. The topological polar surface area (TPSA) is 29.1 Å². The Bertz CT molecular complexity index is 314. The molecule has 0 spiro atoms. The molecule has 0 aliphatic heterocycles. The molecule has 0 aromatic rings. The molecular formula is C14H22BrNO. The predicted molar refractivity (Wildman–Crippen MR) is 71.9 cm³/mol. The normalized spacial score (nSPS) is 45.2. The number of halogens is 1. The van der Waals surface area contributed by atoms with E-state index in [2.05, 4.69) is 35.1 Å². The third-order valence-electron chi connectivity index (χ3n) is 5.11. The number of carbonyl (C=O) groups is 1. The molecule has 0 saturated heterocycles. The minimum Gasteiger partial charge on any atom is -0.353 e. The fourth-order valence-electron chi connectivity index (χ4n) is 4.56. The van der Waals surface area contributed by atoms with E-state index in [0.29, 0.717) is 22.7 Å². The van der Waals surface area contributed by atoms with Gasteiger partial charge in [-0.3, -0.25) is 4.79 Å². The molecular weight excluding hydrogens is 278 g/mol. The van der Waals surface area contributed by atoms with Gasteiger partial charge in [-0.25, -0.2) is 0 Å². The van der Waals surface area contributed by atoms with Gasteiger partial charge in [0.2, 0.25) is 5.91 Å². The zero-order valence-electron chi connectivity index (χ0n) is 10.7. The van der Waals surface area contributed by atoms with Crippen LogP contribution < -0.4 is 5.32 Å². The molecule has 3 aliphatic rings. The predicted octanol–water partition coefficient (Wildman–Crippen LogP) is 2.96. The minimum absolute atomic E-state index is 0.302. The number of hydrogen-bond acceptors (Lipinski definition) is 1. The van der Waals surface area contributed by atoms with Gasteiger partial charge in [-0.2, -0.15) is 0 Å². The average molecular weight is 300 g/mol. The van der Waals surface area contributed by atoms with Crippen molar-refractivity contribution < 1.29 is 4.79 Å². The fourth-order valence-corrected chi connectivity index (χ4v) is 5.12. The highest BCUT2D eigenvalue weighted by Crippen LogP contribution is 2.69. The van der Waals surface area contributed by atoms with Gasteiger partial charge in [0.05, 0.1) is 0 Å². The first-order chi connectivity index (χ1) is 8.08. The van der Waals surface area contributed by atoms with Crippen molar-refractivity contribution in [3.05, 3.63) is 0 Å². The Hall–Kier alpha value is -0.0500. The van der Waals surface area contributed by atoms with Crippen LogP contribution in [0.4, 0.5) is 0 Å². The summed E-state index contributed by atoms with van der Waals surface area (Å²) in [6.07, 6.45) is 5.22. The highest BCUT2D eigenvalue weighted by Gasteiger charge is 2.67. The first-order valence-corrected chi connectivity index (χ1v) is 7.94. The molecule has 2 bridgehead atoms. The molecule has 96 valence electrons. The molecule has 3 heteroatoms. The van der Waals surface area contributed by atoms with E-state index in [1.165, 1.54) is 19.3 Å². The Labute approximate surface area is 112 Å². The second kappa shape index (κ2) is 4.25. The van der Waals surface area contributed by atoms with Crippen molar-refractivity contribution in [1.82, 2.24) is 5.32 Å². The molecule has 6 unspecified atom stereocenters. The number of rotatable bonds is 4. The number of fused-ring (bicyclic) bond motifs is 5. The molecule has 0 aromatic carbocycles. The van der Waals surface area contributed by atoms with E-state index in [4.69, 9.17) is 0 Å². The van der Waals surface area contributed by atoms with Gasteiger partial charge in [0.25, 0.3) is 0 Å². The Morgan fingerprint density at radius 3 is 2.41 bits per heavy atom. The third-order valence-corrected chi connectivity index (χ3v) is 5.48. The van der Waals surface area contributed by atoms with Crippen LogP contribution in [0.5, 0.6) is 0 Å². The van der Waals surface area contributed by atoms with Gasteiger partial charge in [-0.15, -0.1) is 0 Å². The van der Waals surface area contributed by atoms with Crippen LogP contribution in [0.25, 0.3) is 0 Å². The lowest BCUT2D eigenvalue weighted by Crippen LogP contribution is -2.36. The first kappa shape index (κ1) is 12.0. The Morgan fingerprint density at radius 1 is 1.29 bits per heavy atom. The Kier molecular flexibility index (Phi) is 3.00. The molecule has 2 nitrogen and oxygen atoms in total. The summed E-state index contributed by atoms with van der Waals surface area (Å²) < 4.78 is 0. The van der Waals surface area contributed by atoms with Crippen LogP contribution in [-0.2, 0) is 4.79 Å². The lowest BCUT2D eigenvalue weighted by Gasteiger charge is -2.16. The second-order valence-electron chi connectivity index (χ2n) is 6.44. The summed E-state index contributed by atoms with van der Waals surface area (Å²) in [5.74, 6) is 4.05. The number of carbonyl (C=O) groups excluding carboxylic acids is 1. The third kappa shape index (κ3) is 2.05. The SMILES string of the molecule is CC(Br)CC(C)NC(=O)C1C2C3CCC(C3)C12. The molecule has 1 N–H and O–H groups in total. The maximum Gasteiger partial charge on any atom is 0.223 e. The lowest BCUT2D eigenvalue weighted by atomic mass is 10.0. The van der Waals surface area contributed by atoms with E-state index in [1.807, 2.05) is 0 Å². The average Bonchev–Trinajstić information content (AvgIpc) is 2.67. The molecule has 0 radical (unpaired) electrons. The number of amides is 1. The van der Waals surface area contributed by atoms with Gasteiger partial charge in [-0.05, 0) is 56.3 Å². The van der Waals surface area contributed by atoms with Gasteiger partial charge in [0.15, 0.2) is 0 Å². The van der Waals surface area contributed by atoms with Crippen molar-refractivity contribution in [2.75, 3.05) is 0 Å². The van der Waals surface area contributed by atoms with Crippen LogP contribution in [0.1, 0.15) is 39.5 Å². The zero-order chi connectivity index (χ0) is 12.2. The summed E-state index contributed by atoms with van der Waals surface area (Å²) in [7, 11) is 0. The molecule has 3 fully saturated rings. The molecule has 3 rings (SSSR count). The molecule has 0 heterocycles. The molecule has 3 saturated carbocycles. The maximum absolute atomic E-state index is 12.2. The largest absolute Gasteiger partial charge is 0.353 e. The van der Waals surface area contributed by atoms with E-state index in [1.54, 1.807) is 0 Å². The standard InChI is InChI=1S/C14H22BrNO/c1-7(15)5-8(2)16-14(17)13-11-9-3-4-10(6-9)12(11)13/h7-13H,3-6H2,1-2H3,(H,16,17). The monoisotopic (exact) mass is 299 g/mol. The fraction of sp³-hybridized carbons (Fsp3) is 0.929. The highest BCUT2D eigenvalue weighted by molar-refractivity contribution is 9.09. The van der Waals surface area contributed by atoms with Crippen molar-refractivity contribution in [2.45, 2.75) is 50.4 Å². The van der Waals surface area contributed by atoms with Crippen LogP contribution in [0.3, 0.4) is 0 Å². The van der Waals surface area contributed by atoms with Gasteiger partial charge < -0.3 is 5.32 Å². The summed E-state index contributed by atoms with van der Waals surface area (Å²) in [6.45, 7) is 4.25. The van der Waals surface area contributed by atoms with E-state index in [0.717, 1.165) is 30.1 Å². The van der Waals surface area contributed by atoms with Crippen LogP contribution in [0.15, 0.2) is 0 Å². The first-order valence-electron chi connectivity index (χ1n) is 7.02. The molecule has 6 atom stereocenters. The van der Waals surface area contributed by atoms with Crippen LogP contribution in [0, 0.1) is 29.6 Å². The van der Waals surface area contributed by atoms with E-state index >= 15 is 0 Å². The summed E-state index contributed by atoms with van der Waals surface area (Å²) >= 11 is 3.54. The van der Waals surface area contributed by atoms with Crippen molar-refractivity contribution in [1.29, 1.82) is 0 Å². The highest BCUT2D eigenvalue weighted by atomic mass is 79.9. The lowest BCUT2D eigenvalue weighted by molar-refractivity contribution is -0.123. The second-order valence-corrected chi connectivity index (χ2v) is 8.00. The quantitative estimate of drug-likeness (QED) is 0.795. The number of hydrogen-bond donors (Lipinski definition) is 1. The molecule has 0 aromatic heterocycles. The van der Waals surface area contributed by atoms with Gasteiger partial charge in [-0.1, -0.05) is 22.9 Å². The van der Waals surface area contributed by atoms with Crippen LogP contribution in [-0.4, -0.2) is 16.8 Å². The van der Waals surface area contributed by atoms with E-state index in [9.17, 15) is 4.79 Å². The smallest absolute Gasteiger partial charge is 0.223 e. The van der Waals surface area contributed by atoms with Gasteiger partial charge in [0, 0.05) is 16.8 Å². The van der Waals surface area contributed by atoms with Crippen LogP contribution >= 0.6 is 15.9 Å². The van der Waals surface area contributed by atoms with Crippen molar-refractivity contribution in [2.24, 2.45) is 29.6 Å². The number of alkyl halides is 1. The maximum atomic E-state index is 12.2. The summed E-state index contributed by atoms with van der Waals surface area (Å²) in [6, 6.07) is 0.302. The van der Waals surface area contributed by atoms with Gasteiger partial charge >= 0.3 is 0 Å². The van der Waals surface area contributed by atoms with Crippen molar-refractivity contribution in [3.8, 4) is 0 Å². The van der Waals surface area contributed by atoms with E-state index < -0.39 is 0 Å². The summed E-state index contributed by atoms with van der Waals surface area (Å²) in [5.41, 5.74) is 0. The summed E-state index contributed by atoms with van der Waals surface area (Å²) in [5, 5.41) is 3.20. The Balaban J connectivity index is 1.52. The van der Waals surface area contributed by atoms with Crippen molar-refractivity contribution in [3.63, 3.8) is 0 Å². The van der Waals surface area contributed by atoms with Gasteiger partial charge in [0.1, 0.15) is 0 Å². The Morgan fingerprint density at radius 2 is 1.88 bits per heavy atom.